The van der Waals surface area contributed by atoms with Gasteiger partial charge in [-0.05, 0) is 50.5 Å². The molecule has 0 aliphatic carbocycles. The minimum absolute atomic E-state index is 0. The van der Waals surface area contributed by atoms with Crippen molar-refractivity contribution in [3.8, 4) is 5.75 Å². The summed E-state index contributed by atoms with van der Waals surface area (Å²) in [7, 11) is 0. The van der Waals surface area contributed by atoms with Crippen molar-refractivity contribution in [2.24, 2.45) is 4.99 Å². The van der Waals surface area contributed by atoms with Crippen LogP contribution in [0.4, 0.5) is 0 Å². The molecule has 7 heteroatoms. The largest absolute Gasteiger partial charge is 0.491 e. The number of rotatable bonds is 9. The van der Waals surface area contributed by atoms with E-state index < -0.39 is 0 Å². The van der Waals surface area contributed by atoms with Crippen LogP contribution in [-0.2, 0) is 17.7 Å². The standard InChI is InChI=1S/C22H31N3O3.HI/c1-3-23-22(24-11-10-19-6-4-12-26-19)25-15-18-9-8-17(2)14-21(18)28-16-20-7-5-13-27-20;/h4,6,8-9,12,14,20H,3,5,7,10-11,13,15-16H2,1-2H3,(H2,23,24,25);1H. The molecule has 0 saturated carbocycles. The fourth-order valence-corrected chi connectivity index (χ4v) is 3.15. The Labute approximate surface area is 190 Å². The number of nitrogens with zero attached hydrogens (tertiary/aromatic N) is 1. The summed E-state index contributed by atoms with van der Waals surface area (Å²) < 4.78 is 17.1. The van der Waals surface area contributed by atoms with Gasteiger partial charge in [0.15, 0.2) is 5.96 Å². The van der Waals surface area contributed by atoms with Crippen LogP contribution in [0.5, 0.6) is 5.75 Å². The highest BCUT2D eigenvalue weighted by molar-refractivity contribution is 14.0. The number of furan rings is 1. The summed E-state index contributed by atoms with van der Waals surface area (Å²) in [6.45, 7) is 7.70. The first kappa shape index (κ1) is 23.5. The summed E-state index contributed by atoms with van der Waals surface area (Å²) in [6.07, 6.45) is 4.91. The first-order valence-corrected chi connectivity index (χ1v) is 10.1. The number of nitrogens with one attached hydrogen (secondary N) is 2. The van der Waals surface area contributed by atoms with E-state index in [4.69, 9.17) is 18.9 Å². The van der Waals surface area contributed by atoms with Gasteiger partial charge in [0.1, 0.15) is 18.1 Å². The van der Waals surface area contributed by atoms with Crippen LogP contribution < -0.4 is 15.4 Å². The molecule has 2 heterocycles. The minimum Gasteiger partial charge on any atom is -0.491 e. The Morgan fingerprint density at radius 1 is 1.28 bits per heavy atom. The first-order valence-electron chi connectivity index (χ1n) is 10.1. The summed E-state index contributed by atoms with van der Waals surface area (Å²) in [4.78, 5) is 4.73. The molecule has 0 spiro atoms. The molecule has 2 aromatic rings. The predicted molar refractivity (Wildman–Crippen MR) is 126 cm³/mol. The molecule has 0 radical (unpaired) electrons. The average Bonchev–Trinajstić information content (AvgIpc) is 3.39. The Morgan fingerprint density at radius 2 is 2.17 bits per heavy atom. The van der Waals surface area contributed by atoms with Crippen LogP contribution in [-0.4, -0.2) is 38.4 Å². The molecule has 1 aromatic carbocycles. The van der Waals surface area contributed by atoms with Gasteiger partial charge in [0.2, 0.25) is 0 Å². The average molecular weight is 513 g/mol. The van der Waals surface area contributed by atoms with Crippen LogP contribution >= 0.6 is 24.0 Å². The van der Waals surface area contributed by atoms with E-state index in [1.165, 1.54) is 5.56 Å². The van der Waals surface area contributed by atoms with E-state index in [1.807, 2.05) is 12.1 Å². The fourth-order valence-electron chi connectivity index (χ4n) is 3.15. The van der Waals surface area contributed by atoms with Crippen molar-refractivity contribution < 1.29 is 13.9 Å². The summed E-state index contributed by atoms with van der Waals surface area (Å²) in [5, 5.41) is 6.64. The molecular weight excluding hydrogens is 481 g/mol. The van der Waals surface area contributed by atoms with Crippen molar-refractivity contribution in [3.63, 3.8) is 0 Å². The lowest BCUT2D eigenvalue weighted by atomic mass is 10.1. The third kappa shape index (κ3) is 7.89. The van der Waals surface area contributed by atoms with E-state index in [-0.39, 0.29) is 30.1 Å². The molecule has 1 aliphatic rings. The predicted octanol–water partition coefficient (Wildman–Crippen LogP) is 4.06. The van der Waals surface area contributed by atoms with Gasteiger partial charge < -0.3 is 24.5 Å². The molecule has 0 bridgehead atoms. The zero-order valence-corrected chi connectivity index (χ0v) is 19.6. The number of aliphatic imine (C=N–C) groups is 1. The first-order chi connectivity index (χ1) is 13.7. The minimum atomic E-state index is 0. The number of ether oxygens (including phenoxy) is 2. The zero-order valence-electron chi connectivity index (χ0n) is 17.3. The van der Waals surface area contributed by atoms with Gasteiger partial charge in [0.25, 0.3) is 0 Å². The van der Waals surface area contributed by atoms with Crippen molar-refractivity contribution in [2.45, 2.75) is 45.8 Å². The number of hydrogen-bond donors (Lipinski definition) is 2. The SMILES string of the molecule is CCNC(=NCc1ccc(C)cc1OCC1CCCO1)NCCc1ccco1.I. The molecule has 1 aliphatic heterocycles. The second kappa shape index (κ2) is 12.7. The van der Waals surface area contributed by atoms with Crippen LogP contribution in [0.3, 0.4) is 0 Å². The zero-order chi connectivity index (χ0) is 19.6. The summed E-state index contributed by atoms with van der Waals surface area (Å²) in [5.74, 6) is 2.65. The summed E-state index contributed by atoms with van der Waals surface area (Å²) >= 11 is 0. The Kier molecular flexibility index (Phi) is 10.3. The topological polar surface area (TPSA) is 68.0 Å². The van der Waals surface area contributed by atoms with E-state index in [9.17, 15) is 0 Å². The molecule has 0 amide bonds. The molecule has 6 nitrogen and oxygen atoms in total. The lowest BCUT2D eigenvalue weighted by molar-refractivity contribution is 0.0676. The third-order valence-corrected chi connectivity index (χ3v) is 4.67. The molecule has 1 unspecified atom stereocenters. The highest BCUT2D eigenvalue weighted by Crippen LogP contribution is 2.23. The molecule has 160 valence electrons. The number of hydrogen-bond acceptors (Lipinski definition) is 4. The molecular formula is C22H32IN3O3. The van der Waals surface area contributed by atoms with Crippen molar-refractivity contribution in [1.82, 2.24) is 10.6 Å². The van der Waals surface area contributed by atoms with Crippen molar-refractivity contribution in [1.29, 1.82) is 0 Å². The van der Waals surface area contributed by atoms with Gasteiger partial charge >= 0.3 is 0 Å². The van der Waals surface area contributed by atoms with Crippen LogP contribution in [0, 0.1) is 6.92 Å². The van der Waals surface area contributed by atoms with E-state index >= 15 is 0 Å². The van der Waals surface area contributed by atoms with Crippen LogP contribution in [0.1, 0.15) is 36.7 Å². The van der Waals surface area contributed by atoms with Crippen molar-refractivity contribution in [2.75, 3.05) is 26.3 Å². The third-order valence-electron chi connectivity index (χ3n) is 4.67. The molecule has 3 rings (SSSR count). The lowest BCUT2D eigenvalue weighted by Gasteiger charge is -2.15. The van der Waals surface area contributed by atoms with Gasteiger partial charge in [0, 0.05) is 31.7 Å². The molecule has 1 atom stereocenters. The van der Waals surface area contributed by atoms with E-state index in [0.29, 0.717) is 13.2 Å². The second-order valence-corrected chi connectivity index (χ2v) is 7.01. The summed E-state index contributed by atoms with van der Waals surface area (Å²) in [5.41, 5.74) is 2.25. The van der Waals surface area contributed by atoms with Gasteiger partial charge in [-0.15, -0.1) is 24.0 Å². The van der Waals surface area contributed by atoms with Crippen molar-refractivity contribution >= 4 is 29.9 Å². The highest BCUT2D eigenvalue weighted by Gasteiger charge is 2.17. The molecule has 1 fully saturated rings. The lowest BCUT2D eigenvalue weighted by Crippen LogP contribution is -2.38. The van der Waals surface area contributed by atoms with E-state index in [2.05, 4.69) is 42.7 Å². The van der Waals surface area contributed by atoms with Gasteiger partial charge in [-0.2, -0.15) is 0 Å². The molecule has 2 N–H and O–H groups in total. The van der Waals surface area contributed by atoms with Gasteiger partial charge in [-0.1, -0.05) is 12.1 Å². The summed E-state index contributed by atoms with van der Waals surface area (Å²) in [6, 6.07) is 10.2. The van der Waals surface area contributed by atoms with E-state index in [1.54, 1.807) is 6.26 Å². The Balaban J connectivity index is 0.00000300. The smallest absolute Gasteiger partial charge is 0.191 e. The van der Waals surface area contributed by atoms with Gasteiger partial charge in [-0.25, -0.2) is 4.99 Å². The van der Waals surface area contributed by atoms with Gasteiger partial charge in [-0.3, -0.25) is 0 Å². The highest BCUT2D eigenvalue weighted by atomic mass is 127. The number of halogens is 1. The van der Waals surface area contributed by atoms with Crippen LogP contribution in [0.25, 0.3) is 0 Å². The second-order valence-electron chi connectivity index (χ2n) is 7.01. The monoisotopic (exact) mass is 513 g/mol. The normalized spacial score (nSPS) is 16.3. The number of guanidine groups is 1. The quantitative estimate of drug-likeness (QED) is 0.301. The maximum Gasteiger partial charge on any atom is 0.191 e. The van der Waals surface area contributed by atoms with Crippen molar-refractivity contribution in [3.05, 3.63) is 53.5 Å². The Hall–Kier alpha value is -1.74. The molecule has 1 saturated heterocycles. The fraction of sp³-hybridized carbons (Fsp3) is 0.500. The van der Waals surface area contributed by atoms with E-state index in [0.717, 1.165) is 62.0 Å². The Morgan fingerprint density at radius 3 is 2.90 bits per heavy atom. The Bertz CT molecular complexity index is 744. The molecule has 1 aromatic heterocycles. The maximum absolute atomic E-state index is 6.08. The van der Waals surface area contributed by atoms with Crippen LogP contribution in [0.15, 0.2) is 46.0 Å². The molecule has 29 heavy (non-hydrogen) atoms. The number of benzene rings is 1. The number of aryl methyl sites for hydroxylation is 1. The maximum atomic E-state index is 6.08. The van der Waals surface area contributed by atoms with Crippen LogP contribution in [0.2, 0.25) is 0 Å². The van der Waals surface area contributed by atoms with Gasteiger partial charge in [0.05, 0.1) is 18.9 Å².